The van der Waals surface area contributed by atoms with Crippen molar-refractivity contribution in [2.45, 2.75) is 0 Å². The van der Waals surface area contributed by atoms with E-state index in [1.165, 1.54) is 0 Å². The van der Waals surface area contributed by atoms with Crippen molar-refractivity contribution in [2.24, 2.45) is 0 Å². The van der Waals surface area contributed by atoms with E-state index in [4.69, 9.17) is 17.2 Å². The lowest BCUT2D eigenvalue weighted by molar-refractivity contribution is 1.18. The van der Waals surface area contributed by atoms with E-state index in [0.29, 0.717) is 17.5 Å². The summed E-state index contributed by atoms with van der Waals surface area (Å²) < 4.78 is 1.64. The third-order valence-corrected chi connectivity index (χ3v) is 1.70. The zero-order chi connectivity index (χ0) is 8.72. The van der Waals surface area contributed by atoms with Gasteiger partial charge in [0.25, 0.3) is 0 Å². The maximum Gasteiger partial charge on any atom is 0.206 e. The van der Waals surface area contributed by atoms with Gasteiger partial charge in [-0.3, -0.25) is 4.40 Å². The summed E-state index contributed by atoms with van der Waals surface area (Å²) in [6.07, 6.45) is 1.63. The Hall–Kier alpha value is -1.91. The topological polar surface area (TPSA) is 95.4 Å². The predicted octanol–water partition coefficient (Wildman–Crippen LogP) is 0.0809. The molecule has 5 heteroatoms. The molecule has 0 aliphatic heterocycles. The first-order valence-electron chi connectivity index (χ1n) is 3.46. The van der Waals surface area contributed by atoms with Crippen molar-refractivity contribution < 1.29 is 0 Å². The highest BCUT2D eigenvalue weighted by molar-refractivity contribution is 5.65. The minimum atomic E-state index is 0.377. The molecule has 2 heterocycles. The van der Waals surface area contributed by atoms with Gasteiger partial charge in [0.2, 0.25) is 5.95 Å². The number of fused-ring (bicyclic) bond motifs is 1. The van der Waals surface area contributed by atoms with Crippen molar-refractivity contribution in [1.82, 2.24) is 9.38 Å². The van der Waals surface area contributed by atoms with E-state index in [-0.39, 0.29) is 0 Å². The highest BCUT2D eigenvalue weighted by Gasteiger charge is 2.02. The molecule has 0 aromatic carbocycles. The molecule has 0 unspecified atom stereocenters. The van der Waals surface area contributed by atoms with Gasteiger partial charge in [-0.05, 0) is 6.07 Å². The number of nitrogens with two attached hydrogens (primary N) is 3. The van der Waals surface area contributed by atoms with Crippen molar-refractivity contribution in [3.8, 4) is 0 Å². The molecule has 2 aromatic heterocycles. The summed E-state index contributed by atoms with van der Waals surface area (Å²) in [7, 11) is 0. The number of hydrogen-bond acceptors (Lipinski definition) is 4. The van der Waals surface area contributed by atoms with Crippen molar-refractivity contribution in [3.63, 3.8) is 0 Å². The van der Waals surface area contributed by atoms with Gasteiger partial charge in [0.05, 0.1) is 11.7 Å². The van der Waals surface area contributed by atoms with E-state index >= 15 is 0 Å². The zero-order valence-corrected chi connectivity index (χ0v) is 6.36. The lowest BCUT2D eigenvalue weighted by atomic mass is 10.3. The molecule has 62 valence electrons. The fraction of sp³-hybridized carbons (Fsp3) is 0. The summed E-state index contributed by atoms with van der Waals surface area (Å²) in [5.41, 5.74) is 18.2. The number of rotatable bonds is 0. The van der Waals surface area contributed by atoms with Crippen LogP contribution in [0.4, 0.5) is 17.5 Å². The van der Waals surface area contributed by atoms with Crippen LogP contribution in [0.3, 0.4) is 0 Å². The van der Waals surface area contributed by atoms with E-state index in [2.05, 4.69) is 4.98 Å². The number of nitrogen functional groups attached to an aromatic ring is 3. The average molecular weight is 163 g/mol. The molecule has 0 atom stereocenters. The van der Waals surface area contributed by atoms with Gasteiger partial charge in [-0.25, -0.2) is 4.98 Å². The molecule has 0 saturated heterocycles. The molecule has 0 aliphatic carbocycles. The number of aromatic nitrogens is 2. The molecule has 5 nitrogen and oxygen atoms in total. The molecule has 0 spiro atoms. The van der Waals surface area contributed by atoms with Gasteiger partial charge in [-0.1, -0.05) is 0 Å². The Kier molecular flexibility index (Phi) is 1.15. The van der Waals surface area contributed by atoms with E-state index in [1.807, 2.05) is 0 Å². The van der Waals surface area contributed by atoms with Crippen LogP contribution in [0.25, 0.3) is 5.52 Å². The minimum Gasteiger partial charge on any atom is -0.399 e. The summed E-state index contributed by atoms with van der Waals surface area (Å²) in [5, 5.41) is 0. The average Bonchev–Trinajstić information content (AvgIpc) is 2.31. The van der Waals surface area contributed by atoms with E-state index in [1.54, 1.807) is 22.7 Å². The summed E-state index contributed by atoms with van der Waals surface area (Å²) in [6.45, 7) is 0. The van der Waals surface area contributed by atoms with Crippen LogP contribution in [0.5, 0.6) is 0 Å². The van der Waals surface area contributed by atoms with Gasteiger partial charge in [-0.15, -0.1) is 0 Å². The molecule has 0 fully saturated rings. The van der Waals surface area contributed by atoms with Gasteiger partial charge >= 0.3 is 0 Å². The van der Waals surface area contributed by atoms with Crippen LogP contribution < -0.4 is 17.2 Å². The first-order valence-corrected chi connectivity index (χ1v) is 3.46. The van der Waals surface area contributed by atoms with Crippen LogP contribution in [0.15, 0.2) is 18.3 Å². The van der Waals surface area contributed by atoms with Crippen LogP contribution in [0, 0.1) is 0 Å². The molecule has 12 heavy (non-hydrogen) atoms. The molecule has 0 bridgehead atoms. The number of pyridine rings is 1. The molecule has 0 amide bonds. The van der Waals surface area contributed by atoms with Gasteiger partial charge in [0.15, 0.2) is 0 Å². The summed E-state index contributed by atoms with van der Waals surface area (Å²) in [6, 6.07) is 3.41. The molecule has 0 saturated carbocycles. The SMILES string of the molecule is Nc1cc(N)n2c(N)ncc2c1. The number of imidazole rings is 1. The molecule has 0 aliphatic rings. The van der Waals surface area contributed by atoms with Crippen LogP contribution in [0.2, 0.25) is 0 Å². The maximum absolute atomic E-state index is 5.67. The second kappa shape index (κ2) is 2.04. The summed E-state index contributed by atoms with van der Waals surface area (Å²) in [5.74, 6) is 0.877. The fourth-order valence-corrected chi connectivity index (χ4v) is 1.21. The number of anilines is 3. The standard InChI is InChI=1S/C7H9N5/c8-4-1-5-3-11-7(10)12(5)6(9)2-4/h1-3H,8-9H2,(H2,10,11). The van der Waals surface area contributed by atoms with E-state index in [9.17, 15) is 0 Å². The second-order valence-electron chi connectivity index (χ2n) is 2.59. The Morgan fingerprint density at radius 3 is 2.67 bits per heavy atom. The van der Waals surface area contributed by atoms with E-state index < -0.39 is 0 Å². The monoisotopic (exact) mass is 163 g/mol. The quantitative estimate of drug-likeness (QED) is 0.512. The lowest BCUT2D eigenvalue weighted by Crippen LogP contribution is -2.01. The largest absolute Gasteiger partial charge is 0.399 e. The van der Waals surface area contributed by atoms with Crippen LogP contribution >= 0.6 is 0 Å². The Balaban J connectivity index is 2.93. The Bertz CT molecular complexity index is 431. The summed E-state index contributed by atoms with van der Waals surface area (Å²) in [4.78, 5) is 3.90. The van der Waals surface area contributed by atoms with Crippen LogP contribution in [0.1, 0.15) is 0 Å². The Morgan fingerprint density at radius 1 is 1.17 bits per heavy atom. The van der Waals surface area contributed by atoms with Crippen molar-refractivity contribution >= 4 is 23.0 Å². The molecular weight excluding hydrogens is 154 g/mol. The Labute approximate surface area is 68.8 Å². The number of hydrogen-bond donors (Lipinski definition) is 3. The molecule has 2 aromatic rings. The molecule has 0 radical (unpaired) electrons. The van der Waals surface area contributed by atoms with Gasteiger partial charge < -0.3 is 17.2 Å². The van der Waals surface area contributed by atoms with Gasteiger partial charge in [-0.2, -0.15) is 0 Å². The first-order chi connectivity index (χ1) is 5.68. The van der Waals surface area contributed by atoms with Crippen molar-refractivity contribution in [1.29, 1.82) is 0 Å². The van der Waals surface area contributed by atoms with Crippen molar-refractivity contribution in [3.05, 3.63) is 18.3 Å². The van der Waals surface area contributed by atoms with Crippen molar-refractivity contribution in [2.75, 3.05) is 17.2 Å². The third kappa shape index (κ3) is 0.763. The third-order valence-electron chi connectivity index (χ3n) is 1.70. The lowest BCUT2D eigenvalue weighted by Gasteiger charge is -2.02. The van der Waals surface area contributed by atoms with E-state index in [0.717, 1.165) is 5.52 Å². The van der Waals surface area contributed by atoms with Gasteiger partial charge in [0, 0.05) is 11.8 Å². The molecule has 6 N–H and O–H groups in total. The first kappa shape index (κ1) is 6.78. The van der Waals surface area contributed by atoms with Crippen LogP contribution in [-0.4, -0.2) is 9.38 Å². The molecular formula is C7H9N5. The fourth-order valence-electron chi connectivity index (χ4n) is 1.21. The zero-order valence-electron chi connectivity index (χ0n) is 6.36. The minimum absolute atomic E-state index is 0.377. The second-order valence-corrected chi connectivity index (χ2v) is 2.59. The number of nitrogens with zero attached hydrogens (tertiary/aromatic N) is 2. The normalized spacial score (nSPS) is 10.7. The highest BCUT2D eigenvalue weighted by atomic mass is 15.1. The predicted molar refractivity (Wildman–Crippen MR) is 48.4 cm³/mol. The highest BCUT2D eigenvalue weighted by Crippen LogP contribution is 2.17. The van der Waals surface area contributed by atoms with Gasteiger partial charge in [0.1, 0.15) is 5.82 Å². The summed E-state index contributed by atoms with van der Waals surface area (Å²) >= 11 is 0. The maximum atomic E-state index is 5.67. The molecule has 2 rings (SSSR count). The Morgan fingerprint density at radius 2 is 1.92 bits per heavy atom. The smallest absolute Gasteiger partial charge is 0.206 e. The van der Waals surface area contributed by atoms with Crippen LogP contribution in [-0.2, 0) is 0 Å².